The van der Waals surface area contributed by atoms with Crippen molar-refractivity contribution in [2.24, 2.45) is 0 Å². The van der Waals surface area contributed by atoms with Gasteiger partial charge in [0, 0.05) is 11.6 Å². The van der Waals surface area contributed by atoms with Crippen LogP contribution in [0.25, 0.3) is 6.08 Å². The van der Waals surface area contributed by atoms with Gasteiger partial charge in [-0.1, -0.05) is 0 Å². The van der Waals surface area contributed by atoms with Crippen LogP contribution in [0, 0.1) is 10.1 Å². The van der Waals surface area contributed by atoms with Gasteiger partial charge in [-0.25, -0.2) is 0 Å². The Labute approximate surface area is 146 Å². The van der Waals surface area contributed by atoms with Gasteiger partial charge in [-0.05, 0) is 42.5 Å². The average molecular weight is 365 g/mol. The summed E-state index contributed by atoms with van der Waals surface area (Å²) in [5.41, 5.74) is -0.152. The number of nitro groups is 1. The quantitative estimate of drug-likeness (QED) is 0.347. The Morgan fingerprint density at radius 2 is 1.96 bits per heavy atom. The molecule has 0 unspecified atom stereocenters. The molecule has 0 aliphatic heterocycles. The molecule has 0 bridgehead atoms. The number of ether oxygens (including phenoxy) is 2. The third kappa shape index (κ3) is 4.53. The number of benzene rings is 2. The zero-order valence-corrected chi connectivity index (χ0v) is 13.4. The minimum Gasteiger partial charge on any atom is -0.508 e. The fourth-order valence-corrected chi connectivity index (χ4v) is 2.12. The van der Waals surface area contributed by atoms with Crippen molar-refractivity contribution in [2.45, 2.75) is 6.61 Å². The van der Waals surface area contributed by atoms with Gasteiger partial charge in [0.1, 0.15) is 5.75 Å². The van der Waals surface area contributed by atoms with E-state index in [1.54, 1.807) is 0 Å². The van der Waals surface area contributed by atoms with Crippen LogP contribution in [0.1, 0.15) is 15.9 Å². The SMILES string of the molecule is COc1cc(C(=O)/C=C/c2cc(O)ccc2[N+](=O)[O-])ccc1OC(F)F. The monoisotopic (exact) mass is 365 g/mol. The number of alkyl halides is 2. The molecule has 1 N–H and O–H groups in total. The van der Waals surface area contributed by atoms with Crippen LogP contribution in [0.4, 0.5) is 14.5 Å². The van der Waals surface area contributed by atoms with Gasteiger partial charge in [-0.2, -0.15) is 8.78 Å². The first-order valence-electron chi connectivity index (χ1n) is 7.14. The number of hydrogen-bond acceptors (Lipinski definition) is 6. The molecule has 0 spiro atoms. The van der Waals surface area contributed by atoms with E-state index in [0.29, 0.717) is 0 Å². The standard InChI is InChI=1S/C17H13F2NO6/c1-25-16-9-11(3-7-15(16)26-17(18)19)14(22)6-2-10-8-12(21)4-5-13(10)20(23)24/h2-9,17,21H,1H3/b6-2+. The van der Waals surface area contributed by atoms with Crippen molar-refractivity contribution < 1.29 is 33.1 Å². The van der Waals surface area contributed by atoms with Crippen molar-refractivity contribution in [3.8, 4) is 17.2 Å². The van der Waals surface area contributed by atoms with Crippen molar-refractivity contribution >= 4 is 17.5 Å². The van der Waals surface area contributed by atoms with Crippen LogP contribution in [0.15, 0.2) is 42.5 Å². The summed E-state index contributed by atoms with van der Waals surface area (Å²) < 4.78 is 33.8. The third-order valence-corrected chi connectivity index (χ3v) is 3.29. The second-order valence-electron chi connectivity index (χ2n) is 4.94. The highest BCUT2D eigenvalue weighted by molar-refractivity contribution is 6.07. The van der Waals surface area contributed by atoms with Gasteiger partial charge in [0.05, 0.1) is 17.6 Å². The Hall–Kier alpha value is -3.49. The average Bonchev–Trinajstić information content (AvgIpc) is 2.59. The summed E-state index contributed by atoms with van der Waals surface area (Å²) in [5.74, 6) is -1.04. The van der Waals surface area contributed by atoms with Crippen LogP contribution < -0.4 is 9.47 Å². The maximum absolute atomic E-state index is 12.3. The molecular weight excluding hydrogens is 352 g/mol. The molecule has 2 rings (SSSR count). The number of aromatic hydroxyl groups is 1. The number of nitro benzene ring substituents is 1. The van der Waals surface area contributed by atoms with E-state index < -0.39 is 17.3 Å². The molecule has 26 heavy (non-hydrogen) atoms. The second kappa shape index (κ2) is 8.06. The lowest BCUT2D eigenvalue weighted by Crippen LogP contribution is -2.04. The normalized spacial score (nSPS) is 10.9. The molecule has 0 heterocycles. The van der Waals surface area contributed by atoms with Crippen molar-refractivity contribution in [2.75, 3.05) is 7.11 Å². The number of halogens is 2. The van der Waals surface area contributed by atoms with E-state index in [4.69, 9.17) is 4.74 Å². The number of allylic oxidation sites excluding steroid dienone is 1. The minimum atomic E-state index is -3.04. The summed E-state index contributed by atoms with van der Waals surface area (Å²) in [6, 6.07) is 7.03. The molecule has 0 aliphatic rings. The summed E-state index contributed by atoms with van der Waals surface area (Å²) >= 11 is 0. The van der Waals surface area contributed by atoms with Crippen molar-refractivity contribution in [3.05, 3.63) is 63.7 Å². The van der Waals surface area contributed by atoms with Gasteiger partial charge >= 0.3 is 6.61 Å². The highest BCUT2D eigenvalue weighted by Crippen LogP contribution is 2.30. The molecule has 136 valence electrons. The Morgan fingerprint density at radius 1 is 1.23 bits per heavy atom. The van der Waals surface area contributed by atoms with Crippen LogP contribution in [-0.4, -0.2) is 29.5 Å². The van der Waals surface area contributed by atoms with Gasteiger partial charge in [0.25, 0.3) is 5.69 Å². The molecule has 0 atom stereocenters. The summed E-state index contributed by atoms with van der Waals surface area (Å²) in [5, 5.41) is 20.4. The molecule has 7 nitrogen and oxygen atoms in total. The maximum Gasteiger partial charge on any atom is 0.387 e. The zero-order valence-electron chi connectivity index (χ0n) is 13.4. The summed E-state index contributed by atoms with van der Waals surface area (Å²) in [6.45, 7) is -3.04. The number of phenols is 1. The van der Waals surface area contributed by atoms with Gasteiger partial charge in [0.15, 0.2) is 17.3 Å². The molecule has 0 amide bonds. The van der Waals surface area contributed by atoms with E-state index in [1.807, 2.05) is 0 Å². The number of methoxy groups -OCH3 is 1. The molecule has 0 saturated heterocycles. The molecule has 0 saturated carbocycles. The number of hydrogen-bond donors (Lipinski definition) is 1. The van der Waals surface area contributed by atoms with Crippen LogP contribution in [0.3, 0.4) is 0 Å². The van der Waals surface area contributed by atoms with Crippen LogP contribution in [-0.2, 0) is 0 Å². The highest BCUT2D eigenvalue weighted by Gasteiger charge is 2.15. The molecule has 9 heteroatoms. The lowest BCUT2D eigenvalue weighted by Gasteiger charge is -2.10. The van der Waals surface area contributed by atoms with Gasteiger partial charge in [-0.3, -0.25) is 14.9 Å². The molecule has 0 aromatic heterocycles. The Kier molecular flexibility index (Phi) is 5.84. The lowest BCUT2D eigenvalue weighted by atomic mass is 10.1. The minimum absolute atomic E-state index is 0.0352. The molecule has 0 fully saturated rings. The number of phenolic OH excluding ortho intramolecular Hbond substituents is 1. The Morgan fingerprint density at radius 3 is 2.58 bits per heavy atom. The van der Waals surface area contributed by atoms with E-state index in [9.17, 15) is 28.8 Å². The Bertz CT molecular complexity index is 866. The van der Waals surface area contributed by atoms with Crippen molar-refractivity contribution in [3.63, 3.8) is 0 Å². The number of carbonyl (C=O) groups excluding carboxylic acids is 1. The van der Waals surface area contributed by atoms with E-state index in [0.717, 1.165) is 30.3 Å². The van der Waals surface area contributed by atoms with E-state index in [2.05, 4.69) is 4.74 Å². The number of carbonyl (C=O) groups is 1. The highest BCUT2D eigenvalue weighted by atomic mass is 19.3. The number of nitrogens with zero attached hydrogens (tertiary/aromatic N) is 1. The first kappa shape index (κ1) is 18.8. The van der Waals surface area contributed by atoms with E-state index in [-0.39, 0.29) is 34.1 Å². The predicted octanol–water partition coefficient (Wildman–Crippen LogP) is 3.81. The number of rotatable bonds is 7. The fourth-order valence-electron chi connectivity index (χ4n) is 2.12. The molecular formula is C17H13F2NO6. The van der Waals surface area contributed by atoms with Crippen LogP contribution in [0.2, 0.25) is 0 Å². The summed E-state index contributed by atoms with van der Waals surface area (Å²) in [4.78, 5) is 22.5. The maximum atomic E-state index is 12.3. The third-order valence-electron chi connectivity index (χ3n) is 3.29. The number of ketones is 1. The molecule has 0 radical (unpaired) electrons. The van der Waals surface area contributed by atoms with Crippen molar-refractivity contribution in [1.29, 1.82) is 0 Å². The van der Waals surface area contributed by atoms with Crippen molar-refractivity contribution in [1.82, 2.24) is 0 Å². The fraction of sp³-hybridized carbons (Fsp3) is 0.118. The zero-order chi connectivity index (χ0) is 19.3. The smallest absolute Gasteiger partial charge is 0.387 e. The molecule has 2 aromatic rings. The topological polar surface area (TPSA) is 98.9 Å². The van der Waals surface area contributed by atoms with Gasteiger partial charge in [-0.15, -0.1) is 0 Å². The first-order valence-corrected chi connectivity index (χ1v) is 7.14. The van der Waals surface area contributed by atoms with E-state index in [1.165, 1.54) is 25.3 Å². The lowest BCUT2D eigenvalue weighted by molar-refractivity contribution is -0.385. The first-order chi connectivity index (χ1) is 12.3. The summed E-state index contributed by atoms with van der Waals surface area (Å²) in [7, 11) is 1.23. The largest absolute Gasteiger partial charge is 0.508 e. The van der Waals surface area contributed by atoms with Crippen LogP contribution >= 0.6 is 0 Å². The molecule has 0 aliphatic carbocycles. The van der Waals surface area contributed by atoms with Gasteiger partial charge in [0.2, 0.25) is 0 Å². The molecule has 2 aromatic carbocycles. The Balaban J connectivity index is 2.29. The van der Waals surface area contributed by atoms with Crippen LogP contribution in [0.5, 0.6) is 17.2 Å². The second-order valence-corrected chi connectivity index (χ2v) is 4.94. The summed E-state index contributed by atoms with van der Waals surface area (Å²) in [6.07, 6.45) is 2.24. The van der Waals surface area contributed by atoms with Gasteiger partial charge < -0.3 is 14.6 Å². The predicted molar refractivity (Wildman–Crippen MR) is 87.8 cm³/mol. The van der Waals surface area contributed by atoms with E-state index >= 15 is 0 Å².